The Kier molecular flexibility index (Phi) is 5.92. The van der Waals surface area contributed by atoms with Gasteiger partial charge in [0.25, 0.3) is 5.91 Å². The van der Waals surface area contributed by atoms with Crippen molar-refractivity contribution in [3.63, 3.8) is 0 Å². The average Bonchev–Trinajstić information content (AvgIpc) is 3.59. The minimum Gasteiger partial charge on any atom is -0.339 e. The summed E-state index contributed by atoms with van der Waals surface area (Å²) in [4.78, 5) is 42.6. The van der Waals surface area contributed by atoms with E-state index < -0.39 is 0 Å². The summed E-state index contributed by atoms with van der Waals surface area (Å²) in [6, 6.07) is 10.6. The van der Waals surface area contributed by atoms with Gasteiger partial charge in [0.15, 0.2) is 0 Å². The van der Waals surface area contributed by atoms with Crippen LogP contribution in [-0.2, 0) is 4.79 Å². The number of rotatable bonds is 5. The molecule has 8 heteroatoms. The molecule has 1 aromatic carbocycles. The number of nitrogens with zero attached hydrogens (tertiary/aromatic N) is 2. The van der Waals surface area contributed by atoms with Crippen LogP contribution in [-0.4, -0.2) is 46.9 Å². The summed E-state index contributed by atoms with van der Waals surface area (Å²) in [5.74, 6) is -0.197. The molecule has 0 radical (unpaired) electrons. The number of pyridine rings is 1. The van der Waals surface area contributed by atoms with Crippen molar-refractivity contribution in [3.8, 4) is 0 Å². The topological polar surface area (TPSA) is 103 Å². The van der Waals surface area contributed by atoms with Crippen molar-refractivity contribution in [1.29, 1.82) is 0 Å². The van der Waals surface area contributed by atoms with Crippen LogP contribution < -0.4 is 16.0 Å². The van der Waals surface area contributed by atoms with E-state index in [1.165, 1.54) is 0 Å². The van der Waals surface area contributed by atoms with Crippen molar-refractivity contribution < 1.29 is 14.4 Å². The van der Waals surface area contributed by atoms with Gasteiger partial charge in [-0.25, -0.2) is 4.79 Å². The highest BCUT2D eigenvalue weighted by Gasteiger charge is 2.28. The second-order valence-electron chi connectivity index (χ2n) is 7.74. The molecule has 4 rings (SSSR count). The molecule has 2 aromatic rings. The first-order valence-corrected chi connectivity index (χ1v) is 10.3. The standard InChI is InChI=1S/C22H25N5O3/c28-20(15-9-13-27(14-10-15)21(29)16-7-11-23-12-8-16)24-17-1-3-18(4-2-17)25-22(30)26-19-5-6-19/h1-4,7-8,11-12,15,19H,5-6,9-10,13-14H2,(H,24,28)(H2,25,26,30). The summed E-state index contributed by atoms with van der Waals surface area (Å²) in [7, 11) is 0. The molecule has 2 aliphatic rings. The molecule has 0 spiro atoms. The fourth-order valence-electron chi connectivity index (χ4n) is 3.48. The molecule has 1 saturated carbocycles. The molecular formula is C22H25N5O3. The zero-order chi connectivity index (χ0) is 20.9. The Labute approximate surface area is 175 Å². The summed E-state index contributed by atoms with van der Waals surface area (Å²) in [5.41, 5.74) is 1.98. The quantitative estimate of drug-likeness (QED) is 0.709. The largest absolute Gasteiger partial charge is 0.339 e. The Hall–Kier alpha value is -3.42. The van der Waals surface area contributed by atoms with Crippen LogP contribution in [0.4, 0.5) is 16.2 Å². The maximum Gasteiger partial charge on any atom is 0.319 e. The van der Waals surface area contributed by atoms with Gasteiger partial charge >= 0.3 is 6.03 Å². The number of anilines is 2. The van der Waals surface area contributed by atoms with Crippen molar-refractivity contribution >= 4 is 29.2 Å². The molecule has 1 aliphatic carbocycles. The molecule has 4 amide bonds. The molecule has 1 aliphatic heterocycles. The normalized spacial score (nSPS) is 16.6. The summed E-state index contributed by atoms with van der Waals surface area (Å²) in [6.07, 6.45) is 6.54. The first kappa shape index (κ1) is 19.9. The number of piperidine rings is 1. The number of benzene rings is 1. The fourth-order valence-corrected chi connectivity index (χ4v) is 3.48. The number of hydrogen-bond donors (Lipinski definition) is 3. The summed E-state index contributed by atoms with van der Waals surface area (Å²) >= 11 is 0. The highest BCUT2D eigenvalue weighted by Crippen LogP contribution is 2.22. The molecule has 156 valence electrons. The maximum absolute atomic E-state index is 12.6. The lowest BCUT2D eigenvalue weighted by molar-refractivity contribution is -0.121. The lowest BCUT2D eigenvalue weighted by Crippen LogP contribution is -2.41. The monoisotopic (exact) mass is 407 g/mol. The van der Waals surface area contributed by atoms with Crippen LogP contribution in [0.15, 0.2) is 48.8 Å². The molecule has 0 unspecified atom stereocenters. The highest BCUT2D eigenvalue weighted by atomic mass is 16.2. The Bertz CT molecular complexity index is 904. The lowest BCUT2D eigenvalue weighted by Gasteiger charge is -2.31. The minimum absolute atomic E-state index is 0.0231. The van der Waals surface area contributed by atoms with Crippen molar-refractivity contribution in [2.24, 2.45) is 5.92 Å². The van der Waals surface area contributed by atoms with Gasteiger partial charge < -0.3 is 20.9 Å². The van der Waals surface area contributed by atoms with Gasteiger partial charge in [-0.05, 0) is 62.1 Å². The van der Waals surface area contributed by atoms with Gasteiger partial charge in [-0.3, -0.25) is 14.6 Å². The van der Waals surface area contributed by atoms with E-state index in [0.29, 0.717) is 48.9 Å². The number of nitrogens with one attached hydrogen (secondary N) is 3. The van der Waals surface area contributed by atoms with Crippen LogP contribution >= 0.6 is 0 Å². The third-order valence-corrected chi connectivity index (χ3v) is 5.40. The van der Waals surface area contributed by atoms with E-state index in [9.17, 15) is 14.4 Å². The number of amides is 4. The molecule has 2 fully saturated rings. The van der Waals surface area contributed by atoms with Crippen molar-refractivity contribution in [2.45, 2.75) is 31.7 Å². The van der Waals surface area contributed by atoms with Crippen molar-refractivity contribution in [2.75, 3.05) is 23.7 Å². The molecule has 2 heterocycles. The molecule has 30 heavy (non-hydrogen) atoms. The van der Waals surface area contributed by atoms with Crippen molar-refractivity contribution in [1.82, 2.24) is 15.2 Å². The van der Waals surface area contributed by atoms with E-state index in [2.05, 4.69) is 20.9 Å². The number of likely N-dealkylation sites (tertiary alicyclic amines) is 1. The molecule has 1 saturated heterocycles. The number of urea groups is 1. The van der Waals surface area contributed by atoms with Gasteiger partial charge in [-0.15, -0.1) is 0 Å². The van der Waals surface area contributed by atoms with E-state index in [1.54, 1.807) is 53.7 Å². The summed E-state index contributed by atoms with van der Waals surface area (Å²) in [6.45, 7) is 1.11. The van der Waals surface area contributed by atoms with Gasteiger partial charge in [0.2, 0.25) is 5.91 Å². The number of carbonyl (C=O) groups excluding carboxylic acids is 3. The van der Waals surface area contributed by atoms with Gasteiger partial charge in [0.1, 0.15) is 0 Å². The van der Waals surface area contributed by atoms with E-state index in [-0.39, 0.29) is 23.8 Å². The maximum atomic E-state index is 12.6. The van der Waals surface area contributed by atoms with E-state index >= 15 is 0 Å². The molecule has 8 nitrogen and oxygen atoms in total. The Morgan fingerprint density at radius 3 is 2.03 bits per heavy atom. The lowest BCUT2D eigenvalue weighted by atomic mass is 9.95. The Morgan fingerprint density at radius 2 is 1.43 bits per heavy atom. The first-order valence-electron chi connectivity index (χ1n) is 10.3. The average molecular weight is 407 g/mol. The van der Waals surface area contributed by atoms with Crippen molar-refractivity contribution in [3.05, 3.63) is 54.4 Å². The van der Waals surface area contributed by atoms with Gasteiger partial charge in [0, 0.05) is 54.4 Å². The number of carbonyl (C=O) groups is 3. The van der Waals surface area contributed by atoms with Crippen LogP contribution in [0.5, 0.6) is 0 Å². The molecule has 1 aromatic heterocycles. The van der Waals surface area contributed by atoms with Crippen LogP contribution in [0, 0.1) is 5.92 Å². The first-order chi connectivity index (χ1) is 14.6. The zero-order valence-electron chi connectivity index (χ0n) is 16.6. The van der Waals surface area contributed by atoms with Crippen LogP contribution in [0.1, 0.15) is 36.0 Å². The predicted molar refractivity (Wildman–Crippen MR) is 113 cm³/mol. The van der Waals surface area contributed by atoms with E-state index in [4.69, 9.17) is 0 Å². The molecule has 0 bridgehead atoms. The summed E-state index contributed by atoms with van der Waals surface area (Å²) < 4.78 is 0. The molecule has 0 atom stereocenters. The second kappa shape index (κ2) is 8.94. The number of hydrogen-bond acceptors (Lipinski definition) is 4. The number of aromatic nitrogens is 1. The fraction of sp³-hybridized carbons (Fsp3) is 0.364. The van der Waals surface area contributed by atoms with Crippen LogP contribution in [0.3, 0.4) is 0 Å². The Balaban J connectivity index is 1.24. The van der Waals surface area contributed by atoms with Crippen LogP contribution in [0.25, 0.3) is 0 Å². The Morgan fingerprint density at radius 1 is 0.833 bits per heavy atom. The summed E-state index contributed by atoms with van der Waals surface area (Å²) in [5, 5.41) is 8.58. The third-order valence-electron chi connectivity index (χ3n) is 5.40. The zero-order valence-corrected chi connectivity index (χ0v) is 16.6. The van der Waals surface area contributed by atoms with Crippen LogP contribution in [0.2, 0.25) is 0 Å². The smallest absolute Gasteiger partial charge is 0.319 e. The molecular weight excluding hydrogens is 382 g/mol. The van der Waals surface area contributed by atoms with Gasteiger partial charge in [-0.2, -0.15) is 0 Å². The van der Waals surface area contributed by atoms with E-state index in [1.807, 2.05) is 0 Å². The minimum atomic E-state index is -0.206. The highest BCUT2D eigenvalue weighted by molar-refractivity contribution is 5.95. The molecule has 3 N–H and O–H groups in total. The predicted octanol–water partition coefficient (Wildman–Crippen LogP) is 2.86. The third kappa shape index (κ3) is 5.14. The SMILES string of the molecule is O=C(Nc1ccc(NC(=O)C2CCN(C(=O)c3ccncc3)CC2)cc1)NC1CC1. The van der Waals surface area contributed by atoms with Gasteiger partial charge in [-0.1, -0.05) is 0 Å². The second-order valence-corrected chi connectivity index (χ2v) is 7.74. The van der Waals surface area contributed by atoms with Gasteiger partial charge in [0.05, 0.1) is 0 Å². The van der Waals surface area contributed by atoms with E-state index in [0.717, 1.165) is 12.8 Å².